The van der Waals surface area contributed by atoms with Gasteiger partial charge in [-0.3, -0.25) is 4.98 Å². The van der Waals surface area contributed by atoms with Gasteiger partial charge in [0.2, 0.25) is 0 Å². The summed E-state index contributed by atoms with van der Waals surface area (Å²) in [5.41, 5.74) is -5.02. The van der Waals surface area contributed by atoms with Gasteiger partial charge in [-0.25, -0.2) is 0 Å². The van der Waals surface area contributed by atoms with Crippen LogP contribution < -0.4 is 4.18 Å². The molecule has 20 heavy (non-hydrogen) atoms. The Labute approximate surface area is 111 Å². The van der Waals surface area contributed by atoms with Crippen LogP contribution in [0.15, 0.2) is 30.5 Å². The summed E-state index contributed by atoms with van der Waals surface area (Å²) >= 11 is 0. The fraction of sp³-hybridized carbons (Fsp3) is 0.0909. The van der Waals surface area contributed by atoms with E-state index in [-0.39, 0.29) is 11.1 Å². The fourth-order valence-electron chi connectivity index (χ4n) is 1.39. The molecule has 2 aromatic rings. The standard InChI is InChI=1S/C11H5F3N2O3S/c12-11(13,14)20(17,18)19-9-2-1-8-3-7(5-15)6-16-10(8)4-9/h1-4,6H. The van der Waals surface area contributed by atoms with Crippen LogP contribution in [0.2, 0.25) is 0 Å². The van der Waals surface area contributed by atoms with Crippen molar-refractivity contribution in [1.29, 1.82) is 5.26 Å². The van der Waals surface area contributed by atoms with Crippen molar-refractivity contribution in [2.75, 3.05) is 0 Å². The van der Waals surface area contributed by atoms with Crippen LogP contribution in [0, 0.1) is 11.3 Å². The lowest BCUT2D eigenvalue weighted by molar-refractivity contribution is -0.0500. The van der Waals surface area contributed by atoms with Gasteiger partial charge in [0, 0.05) is 17.6 Å². The molecule has 2 rings (SSSR count). The van der Waals surface area contributed by atoms with Gasteiger partial charge in [-0.05, 0) is 18.2 Å². The van der Waals surface area contributed by atoms with E-state index in [9.17, 15) is 21.6 Å². The highest BCUT2D eigenvalue weighted by Gasteiger charge is 2.48. The minimum Gasteiger partial charge on any atom is -0.376 e. The number of pyridine rings is 1. The van der Waals surface area contributed by atoms with E-state index >= 15 is 0 Å². The van der Waals surface area contributed by atoms with E-state index in [0.29, 0.717) is 5.39 Å². The first-order valence-electron chi connectivity index (χ1n) is 5.03. The Bertz CT molecular complexity index is 810. The molecule has 9 heteroatoms. The van der Waals surface area contributed by atoms with Gasteiger partial charge in [0.25, 0.3) is 0 Å². The molecular weight excluding hydrogens is 297 g/mol. The quantitative estimate of drug-likeness (QED) is 0.628. The van der Waals surface area contributed by atoms with Gasteiger partial charge >= 0.3 is 15.6 Å². The minimum absolute atomic E-state index is 0.207. The molecular formula is C11H5F3N2O3S. The summed E-state index contributed by atoms with van der Waals surface area (Å²) in [4.78, 5) is 3.83. The lowest BCUT2D eigenvalue weighted by Gasteiger charge is -2.09. The van der Waals surface area contributed by atoms with E-state index in [2.05, 4.69) is 9.17 Å². The Kier molecular flexibility index (Phi) is 3.27. The van der Waals surface area contributed by atoms with Gasteiger partial charge in [0.1, 0.15) is 11.8 Å². The lowest BCUT2D eigenvalue weighted by Crippen LogP contribution is -2.28. The summed E-state index contributed by atoms with van der Waals surface area (Å²) < 4.78 is 62.2. The number of aromatic nitrogens is 1. The molecule has 0 aliphatic rings. The number of hydrogen-bond acceptors (Lipinski definition) is 5. The molecule has 5 nitrogen and oxygen atoms in total. The molecule has 0 radical (unpaired) electrons. The summed E-state index contributed by atoms with van der Waals surface area (Å²) in [7, 11) is -5.71. The zero-order valence-corrected chi connectivity index (χ0v) is 10.4. The molecule has 0 bridgehead atoms. The number of hydrogen-bond donors (Lipinski definition) is 0. The summed E-state index contributed by atoms with van der Waals surface area (Å²) in [6, 6.07) is 6.72. The van der Waals surface area contributed by atoms with Crippen LogP contribution in [0.3, 0.4) is 0 Å². The summed E-state index contributed by atoms with van der Waals surface area (Å²) in [6.45, 7) is 0. The van der Waals surface area contributed by atoms with Crippen LogP contribution in [0.25, 0.3) is 10.9 Å². The predicted octanol–water partition coefficient (Wildman–Crippen LogP) is 2.33. The van der Waals surface area contributed by atoms with E-state index < -0.39 is 21.4 Å². The van der Waals surface area contributed by atoms with Crippen LogP contribution in [0.5, 0.6) is 5.75 Å². The van der Waals surface area contributed by atoms with Crippen molar-refractivity contribution < 1.29 is 25.8 Å². The molecule has 0 unspecified atom stereocenters. The Morgan fingerprint density at radius 1 is 1.25 bits per heavy atom. The van der Waals surface area contributed by atoms with Crippen molar-refractivity contribution in [3.8, 4) is 11.8 Å². The van der Waals surface area contributed by atoms with Crippen LogP contribution in [0.1, 0.15) is 5.56 Å². The van der Waals surface area contributed by atoms with Crippen LogP contribution in [-0.2, 0) is 10.1 Å². The van der Waals surface area contributed by atoms with E-state index in [4.69, 9.17) is 5.26 Å². The molecule has 1 heterocycles. The first kappa shape index (κ1) is 14.1. The first-order chi connectivity index (χ1) is 9.23. The molecule has 104 valence electrons. The number of halogens is 3. The van der Waals surface area contributed by atoms with Crippen LogP contribution >= 0.6 is 0 Å². The first-order valence-corrected chi connectivity index (χ1v) is 6.44. The molecule has 0 N–H and O–H groups in total. The number of alkyl halides is 3. The lowest BCUT2D eigenvalue weighted by atomic mass is 10.2. The number of fused-ring (bicyclic) bond motifs is 1. The highest BCUT2D eigenvalue weighted by atomic mass is 32.2. The zero-order valence-electron chi connectivity index (χ0n) is 9.55. The Morgan fingerprint density at radius 3 is 2.55 bits per heavy atom. The second-order valence-electron chi connectivity index (χ2n) is 3.67. The van der Waals surface area contributed by atoms with Gasteiger partial charge in [-0.1, -0.05) is 0 Å². The second-order valence-corrected chi connectivity index (χ2v) is 5.21. The van der Waals surface area contributed by atoms with E-state index in [1.807, 2.05) is 6.07 Å². The van der Waals surface area contributed by atoms with Gasteiger partial charge < -0.3 is 4.18 Å². The monoisotopic (exact) mass is 302 g/mol. The maximum absolute atomic E-state index is 12.2. The van der Waals surface area contributed by atoms with E-state index in [1.165, 1.54) is 18.3 Å². The van der Waals surface area contributed by atoms with Gasteiger partial charge in [-0.15, -0.1) is 0 Å². The second kappa shape index (κ2) is 4.64. The van der Waals surface area contributed by atoms with E-state index in [1.54, 1.807) is 0 Å². The minimum atomic E-state index is -5.71. The maximum atomic E-state index is 12.2. The van der Waals surface area contributed by atoms with Crippen LogP contribution in [-0.4, -0.2) is 18.9 Å². The molecule has 0 spiro atoms. The normalized spacial score (nSPS) is 12.1. The van der Waals surface area contributed by atoms with Crippen molar-refractivity contribution in [3.05, 3.63) is 36.0 Å². The van der Waals surface area contributed by atoms with Crippen molar-refractivity contribution in [2.45, 2.75) is 5.51 Å². The molecule has 0 saturated heterocycles. The van der Waals surface area contributed by atoms with Crippen molar-refractivity contribution >= 4 is 21.0 Å². The summed E-state index contributed by atoms with van der Waals surface area (Å²) in [5, 5.41) is 9.15. The smallest absolute Gasteiger partial charge is 0.376 e. The molecule has 1 aromatic carbocycles. The average molecular weight is 302 g/mol. The van der Waals surface area contributed by atoms with Crippen molar-refractivity contribution in [3.63, 3.8) is 0 Å². The third-order valence-electron chi connectivity index (χ3n) is 2.27. The SMILES string of the molecule is N#Cc1cnc2cc(OS(=O)(=O)C(F)(F)F)ccc2c1. The van der Waals surface area contributed by atoms with Crippen molar-refractivity contribution in [2.24, 2.45) is 0 Å². The van der Waals surface area contributed by atoms with Gasteiger partial charge in [0.05, 0.1) is 11.1 Å². The number of nitrogens with zero attached hydrogens (tertiary/aromatic N) is 2. The number of rotatable bonds is 2. The zero-order chi connectivity index (χ0) is 15.0. The third-order valence-corrected chi connectivity index (χ3v) is 3.25. The Balaban J connectivity index is 2.42. The van der Waals surface area contributed by atoms with Crippen LogP contribution in [0.4, 0.5) is 13.2 Å². The Morgan fingerprint density at radius 2 is 1.95 bits per heavy atom. The predicted molar refractivity (Wildman–Crippen MR) is 62.1 cm³/mol. The molecule has 0 saturated carbocycles. The topological polar surface area (TPSA) is 80.0 Å². The molecule has 0 fully saturated rings. The number of nitriles is 1. The van der Waals surface area contributed by atoms with Gasteiger partial charge in [-0.2, -0.15) is 26.9 Å². The highest BCUT2D eigenvalue weighted by Crippen LogP contribution is 2.28. The maximum Gasteiger partial charge on any atom is 0.534 e. The molecule has 0 atom stereocenters. The number of benzene rings is 1. The average Bonchev–Trinajstić information content (AvgIpc) is 2.36. The molecule has 0 aliphatic carbocycles. The summed E-state index contributed by atoms with van der Waals surface area (Å²) in [5.74, 6) is -0.507. The van der Waals surface area contributed by atoms with Crippen molar-refractivity contribution in [1.82, 2.24) is 4.98 Å². The molecule has 1 aromatic heterocycles. The fourth-order valence-corrected chi connectivity index (χ4v) is 1.84. The van der Waals surface area contributed by atoms with Gasteiger partial charge in [0.15, 0.2) is 0 Å². The molecule has 0 amide bonds. The van der Waals surface area contributed by atoms with E-state index in [0.717, 1.165) is 12.1 Å². The highest BCUT2D eigenvalue weighted by molar-refractivity contribution is 7.88. The third kappa shape index (κ3) is 2.65. The Hall–Kier alpha value is -2.34. The summed E-state index contributed by atoms with van der Waals surface area (Å²) in [6.07, 6.45) is 1.21. The largest absolute Gasteiger partial charge is 0.534 e. The molecule has 0 aliphatic heterocycles.